The Morgan fingerprint density at radius 3 is 2.32 bits per heavy atom. The summed E-state index contributed by atoms with van der Waals surface area (Å²) in [6.07, 6.45) is 0. The normalized spacial score (nSPS) is 19.1. The Morgan fingerprint density at radius 1 is 1.16 bits per heavy atom. The average molecular weight is 295 g/mol. The SMILES string of the molecule is O=C1OCC(S(=O)(=O)O)OC(=O)c2cccc1c2.[Na]. The second-order valence-corrected chi connectivity index (χ2v) is 5.08. The summed E-state index contributed by atoms with van der Waals surface area (Å²) in [7, 11) is -4.66. The van der Waals surface area contributed by atoms with Crippen molar-refractivity contribution in [1.82, 2.24) is 0 Å². The van der Waals surface area contributed by atoms with Crippen molar-refractivity contribution in [3.05, 3.63) is 35.4 Å². The second kappa shape index (κ2) is 6.02. The van der Waals surface area contributed by atoms with Crippen molar-refractivity contribution in [3.8, 4) is 0 Å². The van der Waals surface area contributed by atoms with E-state index in [-0.39, 0.29) is 40.7 Å². The third-order valence-corrected chi connectivity index (χ3v) is 3.15. The maximum atomic E-state index is 11.6. The van der Waals surface area contributed by atoms with Crippen LogP contribution in [0.1, 0.15) is 20.7 Å². The zero-order valence-corrected chi connectivity index (χ0v) is 12.7. The van der Waals surface area contributed by atoms with Gasteiger partial charge in [0.25, 0.3) is 5.44 Å². The number of benzene rings is 1. The largest absolute Gasteiger partial charge is 0.457 e. The van der Waals surface area contributed by atoms with E-state index in [1.54, 1.807) is 0 Å². The molecule has 1 atom stereocenters. The van der Waals surface area contributed by atoms with Crippen LogP contribution in [0.4, 0.5) is 0 Å². The summed E-state index contributed by atoms with van der Waals surface area (Å²) < 4.78 is 39.9. The van der Waals surface area contributed by atoms with Crippen molar-refractivity contribution in [1.29, 1.82) is 0 Å². The molecular weight excluding hydrogens is 287 g/mol. The average Bonchev–Trinajstić information content (AvgIpc) is 2.34. The fourth-order valence-electron chi connectivity index (χ4n) is 1.37. The maximum Gasteiger partial charge on any atom is 0.339 e. The molecule has 19 heavy (non-hydrogen) atoms. The van der Waals surface area contributed by atoms with Crippen molar-refractivity contribution in [2.45, 2.75) is 5.44 Å². The molecule has 0 saturated heterocycles. The molecule has 2 rings (SSSR count). The van der Waals surface area contributed by atoms with Gasteiger partial charge in [-0.25, -0.2) is 9.59 Å². The Labute approximate surface area is 130 Å². The predicted molar refractivity (Wildman–Crippen MR) is 63.2 cm³/mol. The predicted octanol–water partition coefficient (Wildman–Crippen LogP) is -0.153. The van der Waals surface area contributed by atoms with Gasteiger partial charge in [-0.15, -0.1) is 0 Å². The van der Waals surface area contributed by atoms with E-state index in [9.17, 15) is 18.0 Å². The summed E-state index contributed by atoms with van der Waals surface area (Å²) in [6.45, 7) is -0.762. The van der Waals surface area contributed by atoms with Crippen LogP contribution in [0, 0.1) is 0 Å². The fraction of sp³-hybridized carbons (Fsp3) is 0.200. The molecule has 1 heterocycles. The van der Waals surface area contributed by atoms with E-state index in [1.165, 1.54) is 24.3 Å². The molecule has 1 aliphatic rings. The van der Waals surface area contributed by atoms with Crippen LogP contribution in [0.25, 0.3) is 0 Å². The monoisotopic (exact) mass is 295 g/mol. The van der Waals surface area contributed by atoms with E-state index in [0.29, 0.717) is 0 Å². The maximum absolute atomic E-state index is 11.6. The number of hydrogen-bond acceptors (Lipinski definition) is 6. The van der Waals surface area contributed by atoms with E-state index in [0.717, 1.165) is 0 Å². The van der Waals surface area contributed by atoms with E-state index >= 15 is 0 Å². The first-order valence-corrected chi connectivity index (χ1v) is 6.33. The van der Waals surface area contributed by atoms with E-state index in [2.05, 4.69) is 9.47 Å². The van der Waals surface area contributed by atoms with E-state index < -0.39 is 34.1 Å². The minimum atomic E-state index is -4.66. The molecule has 1 aromatic rings. The van der Waals surface area contributed by atoms with Gasteiger partial charge in [-0.2, -0.15) is 8.42 Å². The van der Waals surface area contributed by atoms with Crippen molar-refractivity contribution < 1.29 is 32.0 Å². The molecule has 1 radical (unpaired) electrons. The van der Waals surface area contributed by atoms with Crippen LogP contribution < -0.4 is 0 Å². The summed E-state index contributed by atoms with van der Waals surface area (Å²) in [6, 6.07) is 5.41. The minimum absolute atomic E-state index is 0. The van der Waals surface area contributed by atoms with Crippen molar-refractivity contribution in [2.75, 3.05) is 6.61 Å². The number of cyclic esters (lactones) is 2. The van der Waals surface area contributed by atoms with Gasteiger partial charge in [0, 0.05) is 29.6 Å². The van der Waals surface area contributed by atoms with Gasteiger partial charge < -0.3 is 9.47 Å². The number of ether oxygens (including phenoxy) is 2. The summed E-state index contributed by atoms with van der Waals surface area (Å²) in [5.41, 5.74) is -1.83. The summed E-state index contributed by atoms with van der Waals surface area (Å²) in [5, 5.41) is 0. The van der Waals surface area contributed by atoms with Crippen LogP contribution >= 0.6 is 0 Å². The molecule has 0 saturated carbocycles. The molecule has 1 unspecified atom stereocenters. The molecular formula is C10H8NaO7S. The Morgan fingerprint density at radius 2 is 1.74 bits per heavy atom. The van der Waals surface area contributed by atoms with Crippen molar-refractivity contribution in [3.63, 3.8) is 0 Å². The van der Waals surface area contributed by atoms with E-state index in [4.69, 9.17) is 4.55 Å². The number of hydrogen-bond donors (Lipinski definition) is 1. The second-order valence-electron chi connectivity index (χ2n) is 3.53. The molecule has 0 spiro atoms. The first-order valence-electron chi connectivity index (χ1n) is 4.82. The molecule has 1 aromatic carbocycles. The van der Waals surface area contributed by atoms with Gasteiger partial charge in [0.2, 0.25) is 0 Å². The summed E-state index contributed by atoms with van der Waals surface area (Å²) in [5.74, 6) is -1.76. The number of rotatable bonds is 1. The molecule has 1 N–H and O–H groups in total. The first-order chi connectivity index (χ1) is 8.38. The molecule has 2 bridgehead atoms. The smallest absolute Gasteiger partial charge is 0.339 e. The van der Waals surface area contributed by atoms with Gasteiger partial charge in [0.15, 0.2) is 0 Å². The van der Waals surface area contributed by atoms with Crippen LogP contribution in [0.5, 0.6) is 0 Å². The van der Waals surface area contributed by atoms with Gasteiger partial charge in [-0.1, -0.05) is 6.07 Å². The fourth-order valence-corrected chi connectivity index (χ4v) is 1.82. The molecule has 0 aliphatic carbocycles. The molecule has 9 heteroatoms. The Balaban J connectivity index is 0.00000180. The first kappa shape index (κ1) is 16.1. The van der Waals surface area contributed by atoms with Crippen molar-refractivity contribution >= 4 is 51.6 Å². The number of carbonyl (C=O) groups is 2. The van der Waals surface area contributed by atoms with Gasteiger partial charge in [-0.3, -0.25) is 4.55 Å². The number of fused-ring (bicyclic) bond motifs is 2. The molecule has 97 valence electrons. The zero-order chi connectivity index (χ0) is 13.3. The molecule has 1 aliphatic heterocycles. The van der Waals surface area contributed by atoms with Gasteiger partial charge in [0.1, 0.15) is 6.61 Å². The standard InChI is InChI=1S/C10H8O7S.Na/c11-9-6-2-1-3-7(4-6)10(12)17-8(5-16-9)18(13,14)15;/h1-4,8H,5H2,(H,13,14,15);. The van der Waals surface area contributed by atoms with Gasteiger partial charge in [-0.05, 0) is 18.2 Å². The Hall–Kier alpha value is -0.930. The van der Waals surface area contributed by atoms with Crippen LogP contribution in [-0.2, 0) is 19.6 Å². The van der Waals surface area contributed by atoms with Gasteiger partial charge in [0.05, 0.1) is 11.1 Å². The van der Waals surface area contributed by atoms with Gasteiger partial charge >= 0.3 is 22.1 Å². The van der Waals surface area contributed by atoms with Crippen LogP contribution in [-0.4, -0.2) is 66.5 Å². The van der Waals surface area contributed by atoms with Crippen molar-refractivity contribution in [2.24, 2.45) is 0 Å². The Kier molecular flexibility index (Phi) is 5.11. The molecule has 0 aromatic heterocycles. The zero-order valence-electron chi connectivity index (χ0n) is 9.90. The minimum Gasteiger partial charge on any atom is -0.457 e. The topological polar surface area (TPSA) is 107 Å². The molecule has 0 fully saturated rings. The number of carbonyl (C=O) groups excluding carboxylic acids is 2. The third-order valence-electron chi connectivity index (χ3n) is 2.26. The Bertz CT molecular complexity index is 610. The molecule has 7 nitrogen and oxygen atoms in total. The number of esters is 2. The summed E-state index contributed by atoms with van der Waals surface area (Å²) >= 11 is 0. The summed E-state index contributed by atoms with van der Waals surface area (Å²) in [4.78, 5) is 23.1. The van der Waals surface area contributed by atoms with Crippen LogP contribution in [0.3, 0.4) is 0 Å². The quantitative estimate of drug-likeness (QED) is 0.436. The third kappa shape index (κ3) is 3.77. The van der Waals surface area contributed by atoms with E-state index in [1.807, 2.05) is 0 Å². The van der Waals surface area contributed by atoms with Crippen LogP contribution in [0.15, 0.2) is 24.3 Å². The van der Waals surface area contributed by atoms with Crippen LogP contribution in [0.2, 0.25) is 0 Å². The molecule has 0 amide bonds.